The van der Waals surface area contributed by atoms with E-state index < -0.39 is 0 Å². The SMILES string of the molecule is CN1CCN([C@H](C(N)=O)c2ccc(Cl)cc2)CC1. The molecule has 1 heterocycles. The van der Waals surface area contributed by atoms with E-state index in [2.05, 4.69) is 16.8 Å². The molecule has 0 aromatic heterocycles. The fourth-order valence-electron chi connectivity index (χ4n) is 2.28. The van der Waals surface area contributed by atoms with E-state index in [4.69, 9.17) is 17.3 Å². The molecular weight excluding hydrogens is 250 g/mol. The zero-order chi connectivity index (χ0) is 13.1. The van der Waals surface area contributed by atoms with Gasteiger partial charge in [-0.05, 0) is 24.7 Å². The number of primary amides is 1. The first-order valence-corrected chi connectivity index (χ1v) is 6.43. The molecule has 0 spiro atoms. The maximum atomic E-state index is 11.7. The second-order valence-electron chi connectivity index (χ2n) is 4.70. The molecule has 0 unspecified atom stereocenters. The van der Waals surface area contributed by atoms with Gasteiger partial charge in [-0.1, -0.05) is 23.7 Å². The summed E-state index contributed by atoms with van der Waals surface area (Å²) in [5.74, 6) is -0.304. The van der Waals surface area contributed by atoms with Gasteiger partial charge < -0.3 is 10.6 Å². The van der Waals surface area contributed by atoms with Crippen LogP contribution >= 0.6 is 11.6 Å². The zero-order valence-electron chi connectivity index (χ0n) is 10.5. The molecule has 4 nitrogen and oxygen atoms in total. The van der Waals surface area contributed by atoms with Gasteiger partial charge in [0.1, 0.15) is 6.04 Å². The molecule has 98 valence electrons. The lowest BCUT2D eigenvalue weighted by atomic mass is 10.0. The van der Waals surface area contributed by atoms with Crippen LogP contribution < -0.4 is 5.73 Å². The molecule has 0 bridgehead atoms. The number of rotatable bonds is 3. The molecule has 1 amide bonds. The maximum absolute atomic E-state index is 11.7. The Morgan fingerprint density at radius 2 is 1.78 bits per heavy atom. The van der Waals surface area contributed by atoms with Crippen molar-refractivity contribution < 1.29 is 4.79 Å². The molecule has 1 aromatic rings. The average molecular weight is 268 g/mol. The largest absolute Gasteiger partial charge is 0.368 e. The van der Waals surface area contributed by atoms with Crippen molar-refractivity contribution in [3.05, 3.63) is 34.9 Å². The van der Waals surface area contributed by atoms with Gasteiger partial charge in [0.2, 0.25) is 5.91 Å². The van der Waals surface area contributed by atoms with E-state index in [1.165, 1.54) is 0 Å². The van der Waals surface area contributed by atoms with E-state index in [-0.39, 0.29) is 11.9 Å². The summed E-state index contributed by atoms with van der Waals surface area (Å²) in [6, 6.07) is 6.98. The van der Waals surface area contributed by atoms with Gasteiger partial charge in [-0.2, -0.15) is 0 Å². The van der Waals surface area contributed by atoms with Crippen molar-refractivity contribution in [3.63, 3.8) is 0 Å². The summed E-state index contributed by atoms with van der Waals surface area (Å²) in [6.45, 7) is 3.62. The number of benzene rings is 1. The van der Waals surface area contributed by atoms with Gasteiger partial charge in [0.25, 0.3) is 0 Å². The van der Waals surface area contributed by atoms with Crippen molar-refractivity contribution >= 4 is 17.5 Å². The Hall–Kier alpha value is -1.10. The lowest BCUT2D eigenvalue weighted by Gasteiger charge is -2.36. The normalized spacial score (nSPS) is 19.7. The fraction of sp³-hybridized carbons (Fsp3) is 0.462. The first-order valence-electron chi connectivity index (χ1n) is 6.05. The van der Waals surface area contributed by atoms with Gasteiger partial charge in [0, 0.05) is 31.2 Å². The van der Waals surface area contributed by atoms with Crippen LogP contribution in [-0.2, 0) is 4.79 Å². The summed E-state index contributed by atoms with van der Waals surface area (Å²) in [5, 5.41) is 0.667. The zero-order valence-corrected chi connectivity index (χ0v) is 11.2. The van der Waals surface area contributed by atoms with Crippen molar-refractivity contribution in [2.45, 2.75) is 6.04 Å². The summed E-state index contributed by atoms with van der Waals surface area (Å²) < 4.78 is 0. The second-order valence-corrected chi connectivity index (χ2v) is 5.13. The second kappa shape index (κ2) is 5.69. The summed E-state index contributed by atoms with van der Waals surface area (Å²) >= 11 is 5.86. The summed E-state index contributed by atoms with van der Waals surface area (Å²) in [4.78, 5) is 16.1. The van der Waals surface area contributed by atoms with Gasteiger partial charge in [-0.25, -0.2) is 0 Å². The minimum atomic E-state index is -0.351. The number of nitrogens with zero attached hydrogens (tertiary/aromatic N) is 2. The van der Waals surface area contributed by atoms with Crippen LogP contribution in [-0.4, -0.2) is 48.9 Å². The Morgan fingerprint density at radius 1 is 1.22 bits per heavy atom. The molecule has 0 saturated carbocycles. The van der Waals surface area contributed by atoms with Crippen LogP contribution in [0.15, 0.2) is 24.3 Å². The standard InChI is InChI=1S/C13H18ClN3O/c1-16-6-8-17(9-7-16)12(13(15)18)10-2-4-11(14)5-3-10/h2-5,12H,6-9H2,1H3,(H2,15,18)/t12-/m0/s1. The molecular formula is C13H18ClN3O. The van der Waals surface area contributed by atoms with Crippen molar-refractivity contribution in [1.82, 2.24) is 9.80 Å². The Kier molecular flexibility index (Phi) is 4.22. The van der Waals surface area contributed by atoms with Gasteiger partial charge in [0.15, 0.2) is 0 Å². The van der Waals surface area contributed by atoms with Crippen LogP contribution in [0.1, 0.15) is 11.6 Å². The van der Waals surface area contributed by atoms with Crippen LogP contribution in [0.3, 0.4) is 0 Å². The molecule has 1 atom stereocenters. The Bertz CT molecular complexity index is 413. The molecule has 1 aromatic carbocycles. The van der Waals surface area contributed by atoms with Gasteiger partial charge in [0.05, 0.1) is 0 Å². The molecule has 2 rings (SSSR count). The number of nitrogens with two attached hydrogens (primary N) is 1. The molecule has 2 N–H and O–H groups in total. The van der Waals surface area contributed by atoms with E-state index in [1.807, 2.05) is 12.1 Å². The van der Waals surface area contributed by atoms with Gasteiger partial charge >= 0.3 is 0 Å². The summed E-state index contributed by atoms with van der Waals surface area (Å²) in [5.41, 5.74) is 6.46. The minimum absolute atomic E-state index is 0.304. The maximum Gasteiger partial charge on any atom is 0.239 e. The number of carbonyl (C=O) groups is 1. The smallest absolute Gasteiger partial charge is 0.239 e. The summed E-state index contributed by atoms with van der Waals surface area (Å²) in [6.07, 6.45) is 0. The van der Waals surface area contributed by atoms with E-state index in [1.54, 1.807) is 12.1 Å². The highest BCUT2D eigenvalue weighted by atomic mass is 35.5. The number of hydrogen-bond acceptors (Lipinski definition) is 3. The predicted octanol–water partition coefficient (Wildman–Crippen LogP) is 1.11. The van der Waals surface area contributed by atoms with E-state index in [0.29, 0.717) is 5.02 Å². The molecule has 1 aliphatic rings. The minimum Gasteiger partial charge on any atom is -0.368 e. The third-order valence-electron chi connectivity index (χ3n) is 3.36. The average Bonchev–Trinajstić information content (AvgIpc) is 2.34. The Labute approximate surface area is 112 Å². The van der Waals surface area contributed by atoms with Gasteiger partial charge in [-0.15, -0.1) is 0 Å². The van der Waals surface area contributed by atoms with E-state index >= 15 is 0 Å². The van der Waals surface area contributed by atoms with Crippen molar-refractivity contribution in [2.75, 3.05) is 33.2 Å². The lowest BCUT2D eigenvalue weighted by Crippen LogP contribution is -2.49. The Balaban J connectivity index is 2.18. The lowest BCUT2D eigenvalue weighted by molar-refractivity contribution is -0.124. The first-order chi connectivity index (χ1) is 8.58. The van der Waals surface area contributed by atoms with Crippen LogP contribution in [0.4, 0.5) is 0 Å². The summed E-state index contributed by atoms with van der Waals surface area (Å²) in [7, 11) is 2.08. The number of amides is 1. The molecule has 0 radical (unpaired) electrons. The van der Waals surface area contributed by atoms with Crippen LogP contribution in [0, 0.1) is 0 Å². The van der Waals surface area contributed by atoms with Crippen LogP contribution in [0.25, 0.3) is 0 Å². The first kappa shape index (κ1) is 13.3. The van der Waals surface area contributed by atoms with Crippen LogP contribution in [0.5, 0.6) is 0 Å². The monoisotopic (exact) mass is 267 g/mol. The van der Waals surface area contributed by atoms with Crippen molar-refractivity contribution in [3.8, 4) is 0 Å². The molecule has 1 fully saturated rings. The van der Waals surface area contributed by atoms with E-state index in [0.717, 1.165) is 31.7 Å². The number of hydrogen-bond donors (Lipinski definition) is 1. The highest BCUT2D eigenvalue weighted by Crippen LogP contribution is 2.23. The molecule has 1 saturated heterocycles. The van der Waals surface area contributed by atoms with E-state index in [9.17, 15) is 4.79 Å². The van der Waals surface area contributed by atoms with Crippen LogP contribution in [0.2, 0.25) is 5.02 Å². The van der Waals surface area contributed by atoms with Crippen molar-refractivity contribution in [2.24, 2.45) is 5.73 Å². The molecule has 0 aliphatic carbocycles. The number of carbonyl (C=O) groups excluding carboxylic acids is 1. The molecule has 1 aliphatic heterocycles. The highest BCUT2D eigenvalue weighted by molar-refractivity contribution is 6.30. The van der Waals surface area contributed by atoms with Crippen molar-refractivity contribution in [1.29, 1.82) is 0 Å². The topological polar surface area (TPSA) is 49.6 Å². The predicted molar refractivity (Wildman–Crippen MR) is 72.5 cm³/mol. The number of halogens is 1. The molecule has 18 heavy (non-hydrogen) atoms. The number of likely N-dealkylation sites (N-methyl/N-ethyl adjacent to an activating group) is 1. The van der Waals surface area contributed by atoms with Gasteiger partial charge in [-0.3, -0.25) is 9.69 Å². The third-order valence-corrected chi connectivity index (χ3v) is 3.61. The Morgan fingerprint density at radius 3 is 2.28 bits per heavy atom. The molecule has 5 heteroatoms. The third kappa shape index (κ3) is 3.02. The quantitative estimate of drug-likeness (QED) is 0.893. The highest BCUT2D eigenvalue weighted by Gasteiger charge is 2.27. The number of piperazine rings is 1. The fourth-order valence-corrected chi connectivity index (χ4v) is 2.41.